The maximum Gasteiger partial charge on any atom is 0.134 e. The van der Waals surface area contributed by atoms with E-state index in [1.54, 1.807) is 6.33 Å². The van der Waals surface area contributed by atoms with Gasteiger partial charge in [0.05, 0.1) is 0 Å². The lowest BCUT2D eigenvalue weighted by atomic mass is 10.1. The predicted molar refractivity (Wildman–Crippen MR) is 88.8 cm³/mol. The van der Waals surface area contributed by atoms with Crippen molar-refractivity contribution < 1.29 is 0 Å². The van der Waals surface area contributed by atoms with E-state index in [1.807, 2.05) is 11.8 Å². The highest BCUT2D eigenvalue weighted by molar-refractivity contribution is 8.00. The van der Waals surface area contributed by atoms with Crippen molar-refractivity contribution in [1.82, 2.24) is 9.97 Å². The fourth-order valence-electron chi connectivity index (χ4n) is 2.94. The van der Waals surface area contributed by atoms with Crippen LogP contribution in [0.1, 0.15) is 45.1 Å². The highest BCUT2D eigenvalue weighted by Gasteiger charge is 2.32. The molecule has 2 N–H and O–H groups in total. The third-order valence-corrected chi connectivity index (χ3v) is 5.59. The monoisotopic (exact) mass is 294 g/mol. The highest BCUT2D eigenvalue weighted by atomic mass is 32.2. The third-order valence-electron chi connectivity index (χ3n) is 4.17. The van der Waals surface area contributed by atoms with Gasteiger partial charge in [0, 0.05) is 23.4 Å². The van der Waals surface area contributed by atoms with Gasteiger partial charge in [0.1, 0.15) is 18.0 Å². The van der Waals surface area contributed by atoms with Crippen LogP contribution in [0.4, 0.5) is 11.6 Å². The average molecular weight is 294 g/mol. The van der Waals surface area contributed by atoms with E-state index in [-0.39, 0.29) is 0 Å². The van der Waals surface area contributed by atoms with Gasteiger partial charge in [0.15, 0.2) is 0 Å². The Morgan fingerprint density at radius 2 is 1.80 bits per heavy atom. The number of hydrogen-bond acceptors (Lipinski definition) is 5. The van der Waals surface area contributed by atoms with Crippen LogP contribution in [-0.2, 0) is 6.42 Å². The van der Waals surface area contributed by atoms with Crippen LogP contribution in [-0.4, -0.2) is 34.1 Å². The van der Waals surface area contributed by atoms with Crippen LogP contribution in [0.25, 0.3) is 0 Å². The molecule has 0 spiro atoms. The zero-order chi connectivity index (χ0) is 14.4. The fraction of sp³-hybridized carbons (Fsp3) is 0.733. The number of anilines is 2. The molecule has 5 heteroatoms. The molecule has 0 radical (unpaired) electrons. The summed E-state index contributed by atoms with van der Waals surface area (Å²) in [7, 11) is 0. The minimum absolute atomic E-state index is 0.397. The van der Waals surface area contributed by atoms with E-state index in [0.29, 0.717) is 4.75 Å². The van der Waals surface area contributed by atoms with Gasteiger partial charge in [0.25, 0.3) is 0 Å². The lowest BCUT2D eigenvalue weighted by molar-refractivity contribution is 0.638. The van der Waals surface area contributed by atoms with Gasteiger partial charge >= 0.3 is 0 Å². The maximum atomic E-state index is 4.45. The Hall–Kier alpha value is -0.970. The molecule has 0 bridgehead atoms. The molecule has 4 nitrogen and oxygen atoms in total. The average Bonchev–Trinajstić information content (AvgIpc) is 2.95. The van der Waals surface area contributed by atoms with E-state index in [4.69, 9.17) is 0 Å². The molecule has 0 aromatic carbocycles. The highest BCUT2D eigenvalue weighted by Crippen LogP contribution is 2.40. The van der Waals surface area contributed by atoms with Crippen molar-refractivity contribution in [2.75, 3.05) is 30.0 Å². The Labute approximate surface area is 126 Å². The van der Waals surface area contributed by atoms with Gasteiger partial charge in [0.2, 0.25) is 0 Å². The fourth-order valence-corrected chi connectivity index (χ4v) is 3.85. The summed E-state index contributed by atoms with van der Waals surface area (Å²) in [5, 5.41) is 6.91. The van der Waals surface area contributed by atoms with Gasteiger partial charge in [-0.2, -0.15) is 11.8 Å². The number of thioether (sulfide) groups is 1. The zero-order valence-corrected chi connectivity index (χ0v) is 13.6. The van der Waals surface area contributed by atoms with Crippen LogP contribution in [0.2, 0.25) is 0 Å². The molecule has 112 valence electrons. The number of rotatable bonds is 7. The molecule has 0 atom stereocenters. The Balaban J connectivity index is 2.10. The molecule has 1 aromatic heterocycles. The lowest BCUT2D eigenvalue weighted by Crippen LogP contribution is -2.30. The van der Waals surface area contributed by atoms with Crippen LogP contribution < -0.4 is 10.6 Å². The molecule has 0 aliphatic heterocycles. The SMILES string of the molecule is CCNc1ncnc(NCC2(SC)CCCC2)c1CC. The van der Waals surface area contributed by atoms with Crippen molar-refractivity contribution in [3.8, 4) is 0 Å². The van der Waals surface area contributed by atoms with Gasteiger partial charge in [-0.3, -0.25) is 0 Å². The molecular formula is C15H26N4S. The number of aromatic nitrogens is 2. The first-order valence-electron chi connectivity index (χ1n) is 7.61. The minimum atomic E-state index is 0.397. The summed E-state index contributed by atoms with van der Waals surface area (Å²) >= 11 is 2.01. The van der Waals surface area contributed by atoms with Crippen molar-refractivity contribution in [2.45, 2.75) is 50.7 Å². The summed E-state index contributed by atoms with van der Waals surface area (Å²) in [4.78, 5) is 8.80. The summed E-state index contributed by atoms with van der Waals surface area (Å²) in [6, 6.07) is 0. The van der Waals surface area contributed by atoms with E-state index in [2.05, 4.69) is 40.7 Å². The molecule has 1 heterocycles. The third kappa shape index (κ3) is 3.37. The first-order chi connectivity index (χ1) is 9.74. The van der Waals surface area contributed by atoms with Crippen molar-refractivity contribution in [1.29, 1.82) is 0 Å². The van der Waals surface area contributed by atoms with Crippen LogP contribution >= 0.6 is 11.8 Å². The number of nitrogens with one attached hydrogen (secondary N) is 2. The quantitative estimate of drug-likeness (QED) is 0.805. The second kappa shape index (κ2) is 7.16. The molecule has 1 fully saturated rings. The van der Waals surface area contributed by atoms with Crippen LogP contribution in [0.15, 0.2) is 6.33 Å². The minimum Gasteiger partial charge on any atom is -0.370 e. The van der Waals surface area contributed by atoms with Gasteiger partial charge in [-0.15, -0.1) is 0 Å². The van der Waals surface area contributed by atoms with Crippen molar-refractivity contribution >= 4 is 23.4 Å². The maximum absolute atomic E-state index is 4.45. The molecule has 1 aliphatic rings. The molecule has 0 unspecified atom stereocenters. The van der Waals surface area contributed by atoms with E-state index in [0.717, 1.165) is 31.1 Å². The Bertz CT molecular complexity index is 430. The van der Waals surface area contributed by atoms with Crippen LogP contribution in [0.5, 0.6) is 0 Å². The van der Waals surface area contributed by atoms with E-state index >= 15 is 0 Å². The predicted octanol–water partition coefficient (Wildman–Crippen LogP) is 3.56. The second-order valence-corrected chi connectivity index (χ2v) is 6.66. The lowest BCUT2D eigenvalue weighted by Gasteiger charge is -2.27. The molecular weight excluding hydrogens is 268 g/mol. The standard InChI is InChI=1S/C15H26N4S/c1-4-12-13(16-5-2)18-11-19-14(12)17-10-15(20-3)8-6-7-9-15/h11H,4-10H2,1-3H3,(H2,16,17,18,19). The topological polar surface area (TPSA) is 49.8 Å². The molecule has 0 amide bonds. The van der Waals surface area contributed by atoms with Gasteiger partial charge in [-0.1, -0.05) is 19.8 Å². The van der Waals surface area contributed by atoms with Gasteiger partial charge in [-0.25, -0.2) is 9.97 Å². The zero-order valence-electron chi connectivity index (χ0n) is 12.8. The van der Waals surface area contributed by atoms with Crippen molar-refractivity contribution in [2.24, 2.45) is 0 Å². The second-order valence-electron chi connectivity index (χ2n) is 5.38. The molecule has 2 rings (SSSR count). The Morgan fingerprint density at radius 1 is 1.15 bits per heavy atom. The van der Waals surface area contributed by atoms with Crippen molar-refractivity contribution in [3.05, 3.63) is 11.9 Å². The Morgan fingerprint density at radius 3 is 2.35 bits per heavy atom. The molecule has 1 aromatic rings. The van der Waals surface area contributed by atoms with Crippen LogP contribution in [0, 0.1) is 0 Å². The molecule has 1 saturated carbocycles. The van der Waals surface area contributed by atoms with E-state index in [1.165, 1.54) is 31.2 Å². The summed E-state index contributed by atoms with van der Waals surface area (Å²) in [6.07, 6.45) is 10.2. The molecule has 20 heavy (non-hydrogen) atoms. The van der Waals surface area contributed by atoms with Gasteiger partial charge in [-0.05, 0) is 32.4 Å². The summed E-state index contributed by atoms with van der Waals surface area (Å²) < 4.78 is 0.397. The molecule has 0 saturated heterocycles. The largest absolute Gasteiger partial charge is 0.370 e. The summed E-state index contributed by atoms with van der Waals surface area (Å²) in [6.45, 7) is 6.14. The van der Waals surface area contributed by atoms with Gasteiger partial charge < -0.3 is 10.6 Å². The van der Waals surface area contributed by atoms with E-state index < -0.39 is 0 Å². The first kappa shape index (κ1) is 15.4. The normalized spacial score (nSPS) is 17.1. The summed E-state index contributed by atoms with van der Waals surface area (Å²) in [5.41, 5.74) is 1.20. The number of nitrogens with zero attached hydrogens (tertiary/aromatic N) is 2. The first-order valence-corrected chi connectivity index (χ1v) is 8.84. The van der Waals surface area contributed by atoms with E-state index in [9.17, 15) is 0 Å². The van der Waals surface area contributed by atoms with Crippen LogP contribution in [0.3, 0.4) is 0 Å². The van der Waals surface area contributed by atoms with Crippen molar-refractivity contribution in [3.63, 3.8) is 0 Å². The smallest absolute Gasteiger partial charge is 0.134 e. The number of hydrogen-bond donors (Lipinski definition) is 2. The summed E-state index contributed by atoms with van der Waals surface area (Å²) in [5.74, 6) is 1.97. The Kier molecular flexibility index (Phi) is 5.52. The molecule has 1 aliphatic carbocycles.